The third-order valence-electron chi connectivity index (χ3n) is 2.48. The molecule has 0 aliphatic carbocycles. The average molecular weight is 300 g/mol. The van der Waals surface area contributed by atoms with Gasteiger partial charge in [0.1, 0.15) is 5.75 Å². The Hall–Kier alpha value is -1.03. The molecule has 1 rings (SSSR count). The monoisotopic (exact) mass is 299 g/mol. The Morgan fingerprint density at radius 2 is 2.00 bits per heavy atom. The first-order chi connectivity index (χ1) is 7.73. The van der Waals surface area contributed by atoms with Crippen molar-refractivity contribution in [3.8, 4) is 5.75 Å². The fourth-order valence-corrected chi connectivity index (χ4v) is 1.50. The number of phenols is 1. The Kier molecular flexibility index (Phi) is 4.20. The second kappa shape index (κ2) is 5.08. The molecule has 0 saturated carbocycles. The zero-order valence-corrected chi connectivity index (χ0v) is 12.1. The minimum absolute atomic E-state index is 0.146. The molecule has 0 saturated heterocycles. The number of benzene rings is 1. The second-order valence-electron chi connectivity index (χ2n) is 4.82. The van der Waals surface area contributed by atoms with Gasteiger partial charge in [-0.05, 0) is 31.4 Å². The van der Waals surface area contributed by atoms with Gasteiger partial charge in [-0.1, -0.05) is 41.9 Å². The number of hydrogen-bond acceptors (Lipinski definition) is 2. The van der Waals surface area contributed by atoms with Gasteiger partial charge in [-0.3, -0.25) is 4.79 Å². The molecule has 1 aromatic carbocycles. The van der Waals surface area contributed by atoms with Gasteiger partial charge in [-0.15, -0.1) is 0 Å². The van der Waals surface area contributed by atoms with Crippen molar-refractivity contribution in [2.75, 3.05) is 5.32 Å². The Morgan fingerprint density at radius 1 is 1.41 bits per heavy atom. The lowest BCUT2D eigenvalue weighted by Crippen LogP contribution is -2.31. The number of anilines is 1. The highest BCUT2D eigenvalue weighted by Crippen LogP contribution is 2.33. The summed E-state index contributed by atoms with van der Waals surface area (Å²) in [5, 5.41) is 12.8. The van der Waals surface area contributed by atoms with E-state index in [9.17, 15) is 9.90 Å². The van der Waals surface area contributed by atoms with Crippen LogP contribution in [0.2, 0.25) is 0 Å². The first kappa shape index (κ1) is 14.0. The van der Waals surface area contributed by atoms with Crippen molar-refractivity contribution in [3.63, 3.8) is 0 Å². The van der Waals surface area contributed by atoms with Crippen molar-refractivity contribution in [2.45, 2.75) is 37.9 Å². The van der Waals surface area contributed by atoms with E-state index in [1.165, 1.54) is 0 Å². The van der Waals surface area contributed by atoms with E-state index in [-0.39, 0.29) is 17.6 Å². The van der Waals surface area contributed by atoms with Crippen LogP contribution in [0.4, 0.5) is 5.69 Å². The maximum atomic E-state index is 11.8. The molecule has 0 aliphatic heterocycles. The van der Waals surface area contributed by atoms with Crippen LogP contribution < -0.4 is 5.32 Å². The summed E-state index contributed by atoms with van der Waals surface area (Å²) in [6.45, 7) is 7.50. The molecule has 2 N–H and O–H groups in total. The number of hydrogen-bond donors (Lipinski definition) is 2. The van der Waals surface area contributed by atoms with Crippen LogP contribution >= 0.6 is 15.9 Å². The predicted molar refractivity (Wildman–Crippen MR) is 73.8 cm³/mol. The highest BCUT2D eigenvalue weighted by Gasteiger charge is 2.24. The lowest BCUT2D eigenvalue weighted by Gasteiger charge is -2.18. The van der Waals surface area contributed by atoms with Crippen LogP contribution in [0, 0.1) is 0 Å². The number of carbonyl (C=O) groups excluding carboxylic acids is 1. The zero-order chi connectivity index (χ0) is 13.2. The van der Waals surface area contributed by atoms with Crippen molar-refractivity contribution in [1.29, 1.82) is 0 Å². The van der Waals surface area contributed by atoms with E-state index in [2.05, 4.69) is 21.2 Å². The van der Waals surface area contributed by atoms with E-state index in [1.807, 2.05) is 26.0 Å². The molecule has 0 atom stereocenters. The van der Waals surface area contributed by atoms with Crippen molar-refractivity contribution >= 4 is 27.5 Å². The molecule has 0 aromatic heterocycles. The number of phenolic OH excluding ortho intramolecular Hbond substituents is 1. The molecule has 0 spiro atoms. The van der Waals surface area contributed by atoms with E-state index < -0.39 is 4.32 Å². The molecule has 0 aliphatic rings. The molecule has 0 heterocycles. The molecular formula is C13H18BrNO2. The van der Waals surface area contributed by atoms with E-state index in [4.69, 9.17) is 0 Å². The lowest BCUT2D eigenvalue weighted by atomic mass is 10.0. The number of amides is 1. The Balaban J connectivity index is 3.01. The van der Waals surface area contributed by atoms with E-state index in [0.29, 0.717) is 5.69 Å². The number of nitrogens with one attached hydrogen (secondary N) is 1. The van der Waals surface area contributed by atoms with Gasteiger partial charge in [0, 0.05) is 0 Å². The van der Waals surface area contributed by atoms with Crippen LogP contribution in [0.25, 0.3) is 0 Å². The summed E-state index contributed by atoms with van der Waals surface area (Å²) in [5.41, 5.74) is 1.28. The second-order valence-corrected chi connectivity index (χ2v) is 6.81. The number of rotatable bonds is 3. The van der Waals surface area contributed by atoms with E-state index in [0.717, 1.165) is 5.56 Å². The van der Waals surface area contributed by atoms with Gasteiger partial charge >= 0.3 is 0 Å². The van der Waals surface area contributed by atoms with Crippen LogP contribution in [0.3, 0.4) is 0 Å². The van der Waals surface area contributed by atoms with Gasteiger partial charge in [-0.25, -0.2) is 0 Å². The summed E-state index contributed by atoms with van der Waals surface area (Å²) in [4.78, 5) is 11.8. The Morgan fingerprint density at radius 3 is 2.47 bits per heavy atom. The number of carbonyl (C=O) groups is 1. The molecule has 0 bridgehead atoms. The standard InChI is InChI=1S/C13H18BrNO2/c1-8(2)9-6-5-7-10(11(9)16)15-12(17)13(3,4)14/h5-8,16H,1-4H3,(H,15,17). The molecule has 0 unspecified atom stereocenters. The summed E-state index contributed by atoms with van der Waals surface area (Å²) < 4.78 is -0.659. The molecule has 0 fully saturated rings. The first-order valence-corrected chi connectivity index (χ1v) is 6.35. The fourth-order valence-electron chi connectivity index (χ4n) is 1.40. The van der Waals surface area contributed by atoms with Gasteiger partial charge in [0.15, 0.2) is 0 Å². The smallest absolute Gasteiger partial charge is 0.240 e. The Bertz CT molecular complexity index is 422. The fraction of sp³-hybridized carbons (Fsp3) is 0.462. The normalized spacial score (nSPS) is 11.6. The lowest BCUT2D eigenvalue weighted by molar-refractivity contribution is -0.117. The van der Waals surface area contributed by atoms with E-state index in [1.54, 1.807) is 19.9 Å². The van der Waals surface area contributed by atoms with Gasteiger partial charge in [-0.2, -0.15) is 0 Å². The van der Waals surface area contributed by atoms with Gasteiger partial charge in [0.25, 0.3) is 0 Å². The molecule has 4 heteroatoms. The maximum Gasteiger partial charge on any atom is 0.240 e. The topological polar surface area (TPSA) is 49.3 Å². The van der Waals surface area contributed by atoms with Crippen LogP contribution in [-0.4, -0.2) is 15.3 Å². The number of aromatic hydroxyl groups is 1. The summed E-state index contributed by atoms with van der Waals surface area (Å²) in [7, 11) is 0. The molecule has 17 heavy (non-hydrogen) atoms. The van der Waals surface area contributed by atoms with Crippen molar-refractivity contribution in [1.82, 2.24) is 0 Å². The summed E-state index contributed by atoms with van der Waals surface area (Å²) in [6.07, 6.45) is 0. The summed E-state index contributed by atoms with van der Waals surface area (Å²) in [5.74, 6) is 0.171. The Labute approximate surface area is 110 Å². The number of alkyl halides is 1. The molecule has 3 nitrogen and oxygen atoms in total. The largest absolute Gasteiger partial charge is 0.505 e. The third kappa shape index (κ3) is 3.46. The van der Waals surface area contributed by atoms with Gasteiger partial charge < -0.3 is 10.4 Å². The van der Waals surface area contributed by atoms with Crippen LogP contribution in [0.5, 0.6) is 5.75 Å². The highest BCUT2D eigenvalue weighted by atomic mass is 79.9. The van der Waals surface area contributed by atoms with Crippen LogP contribution in [0.1, 0.15) is 39.2 Å². The van der Waals surface area contributed by atoms with Crippen molar-refractivity contribution in [3.05, 3.63) is 23.8 Å². The van der Waals surface area contributed by atoms with Crippen LogP contribution in [0.15, 0.2) is 18.2 Å². The highest BCUT2D eigenvalue weighted by molar-refractivity contribution is 9.10. The SMILES string of the molecule is CC(C)c1cccc(NC(=O)C(C)(C)Br)c1O. The van der Waals surface area contributed by atoms with Gasteiger partial charge in [0.05, 0.1) is 10.0 Å². The van der Waals surface area contributed by atoms with E-state index >= 15 is 0 Å². The van der Waals surface area contributed by atoms with Gasteiger partial charge in [0.2, 0.25) is 5.91 Å². The first-order valence-electron chi connectivity index (χ1n) is 5.55. The average Bonchev–Trinajstić information content (AvgIpc) is 2.19. The summed E-state index contributed by atoms with van der Waals surface area (Å²) >= 11 is 3.28. The molecular weight excluding hydrogens is 282 g/mol. The van der Waals surface area contributed by atoms with Crippen LogP contribution in [-0.2, 0) is 4.79 Å². The predicted octanol–water partition coefficient (Wildman–Crippen LogP) is 3.63. The third-order valence-corrected chi connectivity index (χ3v) is 2.84. The minimum atomic E-state index is -0.659. The zero-order valence-electron chi connectivity index (χ0n) is 10.5. The quantitative estimate of drug-likeness (QED) is 0.661. The number of para-hydroxylation sites is 1. The molecule has 0 radical (unpaired) electrons. The maximum absolute atomic E-state index is 11.8. The summed E-state index contributed by atoms with van der Waals surface area (Å²) in [6, 6.07) is 5.37. The minimum Gasteiger partial charge on any atom is -0.505 e. The molecule has 94 valence electrons. The van der Waals surface area contributed by atoms with Crippen molar-refractivity contribution in [2.24, 2.45) is 0 Å². The number of halogens is 1. The molecule has 1 aromatic rings. The van der Waals surface area contributed by atoms with Crippen molar-refractivity contribution < 1.29 is 9.90 Å². The molecule has 1 amide bonds.